The molecule has 0 saturated heterocycles. The lowest BCUT2D eigenvalue weighted by atomic mass is 9.79. The molecule has 0 aliphatic carbocycles. The molecule has 2 rings (SSSR count). The first-order valence-electron chi connectivity index (χ1n) is 7.94. The molecule has 122 valence electrons. The van der Waals surface area contributed by atoms with Crippen LogP contribution >= 0.6 is 0 Å². The van der Waals surface area contributed by atoms with Gasteiger partial charge in [0, 0.05) is 0 Å². The van der Waals surface area contributed by atoms with Crippen LogP contribution in [0.15, 0.2) is 48.5 Å². The molecule has 3 nitrogen and oxygen atoms in total. The summed E-state index contributed by atoms with van der Waals surface area (Å²) in [6, 6.07) is 15.5. The number of aliphatic hydroxyl groups is 1. The van der Waals surface area contributed by atoms with Gasteiger partial charge in [-0.1, -0.05) is 55.5 Å². The predicted molar refractivity (Wildman–Crippen MR) is 91.7 cm³/mol. The fraction of sp³-hybridized carbons (Fsp3) is 0.350. The summed E-state index contributed by atoms with van der Waals surface area (Å²) in [6.07, 6.45) is 0.688. The molecule has 0 unspecified atom stereocenters. The van der Waals surface area contributed by atoms with Crippen LogP contribution in [0.4, 0.5) is 0 Å². The largest absolute Gasteiger partial charge is 0.461 e. The van der Waals surface area contributed by atoms with E-state index in [0.29, 0.717) is 12.0 Å². The molecule has 0 amide bonds. The van der Waals surface area contributed by atoms with Crippen LogP contribution in [0.2, 0.25) is 0 Å². The van der Waals surface area contributed by atoms with E-state index in [4.69, 9.17) is 4.74 Å². The van der Waals surface area contributed by atoms with Crippen LogP contribution in [0.3, 0.4) is 0 Å². The molecule has 3 heteroatoms. The lowest BCUT2D eigenvalue weighted by Gasteiger charge is -2.30. The van der Waals surface area contributed by atoms with Gasteiger partial charge in [0.2, 0.25) is 0 Å². The van der Waals surface area contributed by atoms with Crippen molar-refractivity contribution in [1.29, 1.82) is 0 Å². The molecule has 0 bridgehead atoms. The number of hydrogen-bond donors (Lipinski definition) is 1. The fourth-order valence-corrected chi connectivity index (χ4v) is 2.84. The van der Waals surface area contributed by atoms with Crippen LogP contribution in [0, 0.1) is 13.8 Å². The fourth-order valence-electron chi connectivity index (χ4n) is 2.84. The zero-order valence-electron chi connectivity index (χ0n) is 14.0. The molecule has 0 saturated carbocycles. The van der Waals surface area contributed by atoms with E-state index in [-0.39, 0.29) is 19.2 Å². The number of aryl methyl sites for hydroxylation is 2. The number of ether oxygens (including phenoxy) is 1. The lowest BCUT2D eigenvalue weighted by Crippen LogP contribution is -2.36. The van der Waals surface area contributed by atoms with E-state index in [1.165, 1.54) is 0 Å². The molecule has 1 atom stereocenters. The third kappa shape index (κ3) is 3.62. The minimum absolute atomic E-state index is 0.0620. The number of hydrogen-bond acceptors (Lipinski definition) is 3. The molecular weight excluding hydrogens is 288 g/mol. The Bertz CT molecular complexity index is 638. The molecule has 0 aromatic heterocycles. The minimum Gasteiger partial charge on any atom is -0.461 e. The third-order valence-corrected chi connectivity index (χ3v) is 4.53. The highest BCUT2D eigenvalue weighted by atomic mass is 16.5. The predicted octanol–water partition coefficient (Wildman–Crippen LogP) is 3.80. The topological polar surface area (TPSA) is 46.5 Å². The molecule has 0 aliphatic rings. The van der Waals surface area contributed by atoms with Gasteiger partial charge in [0.25, 0.3) is 0 Å². The number of rotatable bonds is 6. The Balaban J connectivity index is 2.21. The quantitative estimate of drug-likeness (QED) is 0.825. The number of aliphatic hydroxyl groups excluding tert-OH is 1. The zero-order valence-corrected chi connectivity index (χ0v) is 14.0. The monoisotopic (exact) mass is 312 g/mol. The summed E-state index contributed by atoms with van der Waals surface area (Å²) in [7, 11) is 0. The highest BCUT2D eigenvalue weighted by Gasteiger charge is 2.32. The van der Waals surface area contributed by atoms with Crippen molar-refractivity contribution in [2.75, 3.05) is 13.2 Å². The van der Waals surface area contributed by atoms with E-state index in [1.54, 1.807) is 0 Å². The van der Waals surface area contributed by atoms with E-state index >= 15 is 0 Å². The summed E-state index contributed by atoms with van der Waals surface area (Å²) in [5.74, 6) is -0.331. The smallest absolute Gasteiger partial charge is 0.338 e. The standard InChI is InChI=1S/C20H24O3/c1-4-20(13-21,17-11-6-5-7-12-17)14-23-19(22)18-15(2)9-8-10-16(18)3/h5-12,21H,4,13-14H2,1-3H3/t20-/m0/s1. The van der Waals surface area contributed by atoms with Gasteiger partial charge in [-0.05, 0) is 37.0 Å². The summed E-state index contributed by atoms with van der Waals surface area (Å²) in [4.78, 5) is 12.5. The van der Waals surface area contributed by atoms with Crippen LogP contribution in [-0.2, 0) is 10.2 Å². The maximum Gasteiger partial charge on any atom is 0.338 e. The van der Waals surface area contributed by atoms with Gasteiger partial charge in [0.05, 0.1) is 17.6 Å². The van der Waals surface area contributed by atoms with Gasteiger partial charge in [-0.15, -0.1) is 0 Å². The minimum atomic E-state index is -0.562. The maximum atomic E-state index is 12.5. The first-order valence-corrected chi connectivity index (χ1v) is 7.94. The molecule has 0 heterocycles. The summed E-state index contributed by atoms with van der Waals surface area (Å²) >= 11 is 0. The Labute approximate surface area is 137 Å². The van der Waals surface area contributed by atoms with E-state index in [2.05, 4.69) is 0 Å². The van der Waals surface area contributed by atoms with E-state index < -0.39 is 5.41 Å². The van der Waals surface area contributed by atoms with Gasteiger partial charge >= 0.3 is 5.97 Å². The SMILES string of the molecule is CC[C@](CO)(COC(=O)c1c(C)cccc1C)c1ccccc1. The van der Waals surface area contributed by atoms with Crippen molar-refractivity contribution < 1.29 is 14.6 Å². The van der Waals surface area contributed by atoms with Crippen LogP contribution in [0.25, 0.3) is 0 Å². The molecule has 0 spiro atoms. The van der Waals surface area contributed by atoms with Gasteiger partial charge in [0.1, 0.15) is 6.61 Å². The van der Waals surface area contributed by atoms with Crippen molar-refractivity contribution in [2.24, 2.45) is 0 Å². The average molecular weight is 312 g/mol. The summed E-state index contributed by atoms with van der Waals surface area (Å²) < 4.78 is 5.59. The van der Waals surface area contributed by atoms with Crippen molar-refractivity contribution in [2.45, 2.75) is 32.6 Å². The van der Waals surface area contributed by atoms with Crippen molar-refractivity contribution in [1.82, 2.24) is 0 Å². The molecule has 2 aromatic carbocycles. The van der Waals surface area contributed by atoms with Crippen molar-refractivity contribution >= 4 is 5.97 Å². The Morgan fingerprint density at radius 3 is 2.17 bits per heavy atom. The number of benzene rings is 2. The molecule has 1 N–H and O–H groups in total. The van der Waals surface area contributed by atoms with Gasteiger partial charge in [-0.25, -0.2) is 4.79 Å². The van der Waals surface area contributed by atoms with Gasteiger partial charge in [0.15, 0.2) is 0 Å². The third-order valence-electron chi connectivity index (χ3n) is 4.53. The zero-order chi connectivity index (χ0) is 16.9. The molecule has 0 radical (unpaired) electrons. The van der Waals surface area contributed by atoms with E-state index in [9.17, 15) is 9.90 Å². The Morgan fingerprint density at radius 2 is 1.65 bits per heavy atom. The summed E-state index contributed by atoms with van der Waals surface area (Å²) in [6.45, 7) is 5.90. The van der Waals surface area contributed by atoms with Gasteiger partial charge < -0.3 is 9.84 Å². The van der Waals surface area contributed by atoms with Gasteiger partial charge in [-0.2, -0.15) is 0 Å². The lowest BCUT2D eigenvalue weighted by molar-refractivity contribution is 0.0308. The van der Waals surface area contributed by atoms with Crippen molar-refractivity contribution in [3.8, 4) is 0 Å². The maximum absolute atomic E-state index is 12.5. The second-order valence-electron chi connectivity index (χ2n) is 6.00. The van der Waals surface area contributed by atoms with Crippen LogP contribution in [0.1, 0.15) is 40.4 Å². The number of carbonyl (C=O) groups excluding carboxylic acids is 1. The molecule has 0 aliphatic heterocycles. The summed E-state index contributed by atoms with van der Waals surface area (Å²) in [5, 5.41) is 9.93. The van der Waals surface area contributed by atoms with E-state index in [1.807, 2.05) is 69.3 Å². The molecule has 0 fully saturated rings. The molecular formula is C20H24O3. The average Bonchev–Trinajstić information content (AvgIpc) is 2.57. The van der Waals surface area contributed by atoms with Crippen molar-refractivity contribution in [3.63, 3.8) is 0 Å². The summed E-state index contributed by atoms with van der Waals surface area (Å²) in [5.41, 5.74) is 2.84. The highest BCUT2D eigenvalue weighted by molar-refractivity contribution is 5.92. The van der Waals surface area contributed by atoms with Crippen molar-refractivity contribution in [3.05, 3.63) is 70.8 Å². The number of esters is 1. The number of carbonyl (C=O) groups is 1. The Hall–Kier alpha value is -2.13. The van der Waals surface area contributed by atoms with Crippen LogP contribution in [-0.4, -0.2) is 24.3 Å². The second kappa shape index (κ2) is 7.42. The van der Waals surface area contributed by atoms with Crippen LogP contribution < -0.4 is 0 Å². The molecule has 23 heavy (non-hydrogen) atoms. The Morgan fingerprint density at radius 1 is 1.04 bits per heavy atom. The normalized spacial score (nSPS) is 13.4. The van der Waals surface area contributed by atoms with E-state index in [0.717, 1.165) is 16.7 Å². The van der Waals surface area contributed by atoms with Crippen LogP contribution in [0.5, 0.6) is 0 Å². The Kier molecular flexibility index (Phi) is 5.56. The highest BCUT2D eigenvalue weighted by Crippen LogP contribution is 2.28. The second-order valence-corrected chi connectivity index (χ2v) is 6.00. The first kappa shape index (κ1) is 17.2. The first-order chi connectivity index (χ1) is 11.0. The molecule has 2 aromatic rings. The van der Waals surface area contributed by atoms with Gasteiger partial charge in [-0.3, -0.25) is 0 Å².